The molecule has 0 fully saturated rings. The Labute approximate surface area is 120 Å². The quantitative estimate of drug-likeness (QED) is 0.685. The first-order valence-electron chi connectivity index (χ1n) is 6.76. The summed E-state index contributed by atoms with van der Waals surface area (Å²) in [5.74, 6) is -0.334. The van der Waals surface area contributed by atoms with Gasteiger partial charge < -0.3 is 4.98 Å². The van der Waals surface area contributed by atoms with Crippen molar-refractivity contribution >= 4 is 33.4 Å². The number of rotatable bonds is 0. The average Bonchev–Trinajstić information content (AvgIpc) is 2.84. The number of hydrogen-bond acceptors (Lipinski definition) is 3. The normalized spacial score (nSPS) is 14.7. The molecule has 0 aliphatic heterocycles. The van der Waals surface area contributed by atoms with E-state index in [-0.39, 0.29) is 17.3 Å². The van der Waals surface area contributed by atoms with Gasteiger partial charge in [0.2, 0.25) is 5.78 Å². The summed E-state index contributed by atoms with van der Waals surface area (Å²) in [5, 5.41) is 1.94. The number of Topliss-reactive ketones (excluding diaryl/α,β-unsaturated/α-hetero) is 1. The van der Waals surface area contributed by atoms with Gasteiger partial charge in [-0.05, 0) is 26.0 Å². The lowest BCUT2D eigenvalue weighted by Gasteiger charge is -2.13. The number of carbonyl (C=O) groups is 2. The molecule has 0 saturated heterocycles. The van der Waals surface area contributed by atoms with E-state index >= 15 is 0 Å². The molecular formula is C17H12N2O2. The Kier molecular flexibility index (Phi) is 2.22. The smallest absolute Gasteiger partial charge is 0.205 e. The predicted molar refractivity (Wildman–Crippen MR) is 80.8 cm³/mol. The number of ketones is 2. The lowest BCUT2D eigenvalue weighted by Crippen LogP contribution is -2.18. The molecule has 1 aliphatic rings. The molecule has 1 aliphatic carbocycles. The van der Waals surface area contributed by atoms with Crippen LogP contribution in [0.2, 0.25) is 0 Å². The maximum absolute atomic E-state index is 12.5. The highest BCUT2D eigenvalue weighted by Crippen LogP contribution is 2.33. The van der Waals surface area contributed by atoms with Crippen LogP contribution in [0.3, 0.4) is 0 Å². The highest BCUT2D eigenvalue weighted by molar-refractivity contribution is 6.29. The fraction of sp³-hybridized carbons (Fsp3) is 0.118. The van der Waals surface area contributed by atoms with Gasteiger partial charge in [0.15, 0.2) is 5.78 Å². The van der Waals surface area contributed by atoms with Crippen LogP contribution in [-0.4, -0.2) is 21.5 Å². The summed E-state index contributed by atoms with van der Waals surface area (Å²) < 4.78 is 0. The Balaban J connectivity index is 2.25. The summed E-state index contributed by atoms with van der Waals surface area (Å²) in [6.07, 6.45) is 1.37. The molecule has 0 bridgehead atoms. The molecule has 21 heavy (non-hydrogen) atoms. The number of allylic oxidation sites excluding steroid dienone is 2. The number of nitrogens with zero attached hydrogens (tertiary/aromatic N) is 1. The lowest BCUT2D eigenvalue weighted by molar-refractivity contribution is 0.0982. The van der Waals surface area contributed by atoms with Gasteiger partial charge in [0.05, 0.1) is 11.1 Å². The van der Waals surface area contributed by atoms with Gasteiger partial charge in [-0.2, -0.15) is 0 Å². The highest BCUT2D eigenvalue weighted by Gasteiger charge is 2.29. The molecule has 4 rings (SSSR count). The van der Waals surface area contributed by atoms with Gasteiger partial charge in [0.25, 0.3) is 0 Å². The van der Waals surface area contributed by atoms with Crippen molar-refractivity contribution in [2.75, 3.05) is 0 Å². The van der Waals surface area contributed by atoms with E-state index in [2.05, 4.69) is 9.97 Å². The minimum atomic E-state index is -0.203. The summed E-state index contributed by atoms with van der Waals surface area (Å²) >= 11 is 0. The van der Waals surface area contributed by atoms with Crippen LogP contribution >= 0.6 is 0 Å². The Hall–Kier alpha value is -2.75. The van der Waals surface area contributed by atoms with Crippen LogP contribution in [0, 0.1) is 6.92 Å². The van der Waals surface area contributed by atoms with Crippen molar-refractivity contribution in [2.45, 2.75) is 13.8 Å². The molecule has 1 aromatic carbocycles. The van der Waals surface area contributed by atoms with E-state index in [1.54, 1.807) is 6.92 Å². The van der Waals surface area contributed by atoms with Gasteiger partial charge in [-0.15, -0.1) is 0 Å². The lowest BCUT2D eigenvalue weighted by atomic mass is 9.92. The molecule has 102 valence electrons. The van der Waals surface area contributed by atoms with Crippen molar-refractivity contribution in [3.05, 3.63) is 52.9 Å². The summed E-state index contributed by atoms with van der Waals surface area (Å²) in [4.78, 5) is 32.3. The number of aromatic nitrogens is 2. The molecule has 2 aromatic heterocycles. The molecular weight excluding hydrogens is 264 g/mol. The Morgan fingerprint density at radius 3 is 2.67 bits per heavy atom. The Morgan fingerprint density at radius 2 is 1.86 bits per heavy atom. The zero-order chi connectivity index (χ0) is 14.7. The molecule has 1 N–H and O–H groups in total. The molecule has 0 amide bonds. The van der Waals surface area contributed by atoms with Crippen LogP contribution in [-0.2, 0) is 0 Å². The van der Waals surface area contributed by atoms with Crippen molar-refractivity contribution in [3.8, 4) is 0 Å². The third-order valence-electron chi connectivity index (χ3n) is 4.00. The standard InChI is InChI=1S/C17H12N2O2/c1-8-7-12(20)15-14(17(8)21)16-13(9(2)18-15)10-5-3-4-6-11(10)19-16/h3-7,19H,1-2H3. The third kappa shape index (κ3) is 1.47. The number of H-pyrrole nitrogens is 1. The number of hydrogen-bond donors (Lipinski definition) is 1. The van der Waals surface area contributed by atoms with Gasteiger partial charge in [-0.25, -0.2) is 4.98 Å². The number of aromatic amines is 1. The second kappa shape index (κ2) is 3.88. The van der Waals surface area contributed by atoms with Gasteiger partial charge in [0.1, 0.15) is 5.69 Å². The number of nitrogens with one attached hydrogen (secondary N) is 1. The number of pyridine rings is 1. The first-order valence-corrected chi connectivity index (χ1v) is 6.76. The fourth-order valence-electron chi connectivity index (χ4n) is 3.03. The van der Waals surface area contributed by atoms with Gasteiger partial charge in [0, 0.05) is 27.6 Å². The zero-order valence-electron chi connectivity index (χ0n) is 11.7. The predicted octanol–water partition coefficient (Wildman–Crippen LogP) is 3.35. The minimum absolute atomic E-state index is 0.131. The molecule has 4 nitrogen and oxygen atoms in total. The first-order chi connectivity index (χ1) is 10.1. The van der Waals surface area contributed by atoms with Gasteiger partial charge >= 0.3 is 0 Å². The van der Waals surface area contributed by atoms with Crippen molar-refractivity contribution in [1.82, 2.24) is 9.97 Å². The van der Waals surface area contributed by atoms with Crippen LogP contribution in [0.5, 0.6) is 0 Å². The molecule has 0 radical (unpaired) electrons. The molecule has 3 aromatic rings. The monoisotopic (exact) mass is 276 g/mol. The summed E-state index contributed by atoms with van der Waals surface area (Å²) in [6.45, 7) is 3.53. The molecule has 0 spiro atoms. The number of fused-ring (bicyclic) bond motifs is 5. The van der Waals surface area contributed by atoms with E-state index < -0.39 is 0 Å². The molecule has 2 heterocycles. The number of aryl methyl sites for hydroxylation is 1. The van der Waals surface area contributed by atoms with Crippen molar-refractivity contribution in [1.29, 1.82) is 0 Å². The van der Waals surface area contributed by atoms with Gasteiger partial charge in [-0.1, -0.05) is 18.2 Å². The Bertz CT molecular complexity index is 993. The van der Waals surface area contributed by atoms with Crippen LogP contribution in [0.4, 0.5) is 0 Å². The number of benzene rings is 1. The summed E-state index contributed by atoms with van der Waals surface area (Å²) in [7, 11) is 0. The van der Waals surface area contributed by atoms with Crippen molar-refractivity contribution in [2.24, 2.45) is 0 Å². The highest BCUT2D eigenvalue weighted by atomic mass is 16.1. The summed E-state index contributed by atoms with van der Waals surface area (Å²) in [6, 6.07) is 7.84. The topological polar surface area (TPSA) is 62.8 Å². The van der Waals surface area contributed by atoms with Gasteiger partial charge in [-0.3, -0.25) is 9.59 Å². The molecule has 0 atom stereocenters. The van der Waals surface area contributed by atoms with E-state index in [4.69, 9.17) is 0 Å². The minimum Gasteiger partial charge on any atom is -0.354 e. The molecule has 0 saturated carbocycles. The summed E-state index contributed by atoms with van der Waals surface area (Å²) in [5.41, 5.74) is 3.52. The molecule has 4 heteroatoms. The fourth-order valence-corrected chi connectivity index (χ4v) is 3.03. The Morgan fingerprint density at radius 1 is 1.10 bits per heavy atom. The number of para-hydroxylation sites is 1. The van der Waals surface area contributed by atoms with Crippen molar-refractivity contribution < 1.29 is 9.59 Å². The van der Waals surface area contributed by atoms with E-state index in [1.807, 2.05) is 31.2 Å². The SMILES string of the molecule is CC1=CC(=O)c2nc(C)c3c([nH]c4ccccc43)c2C1=O. The first kappa shape index (κ1) is 12.0. The van der Waals surface area contributed by atoms with Crippen LogP contribution in [0.1, 0.15) is 33.5 Å². The van der Waals surface area contributed by atoms with E-state index in [0.29, 0.717) is 16.7 Å². The van der Waals surface area contributed by atoms with Crippen LogP contribution in [0.15, 0.2) is 35.9 Å². The maximum Gasteiger partial charge on any atom is 0.205 e. The van der Waals surface area contributed by atoms with E-state index in [0.717, 1.165) is 22.0 Å². The third-order valence-corrected chi connectivity index (χ3v) is 4.00. The zero-order valence-corrected chi connectivity index (χ0v) is 11.7. The van der Waals surface area contributed by atoms with Crippen LogP contribution in [0.25, 0.3) is 21.8 Å². The second-order valence-corrected chi connectivity index (χ2v) is 5.36. The van der Waals surface area contributed by atoms with Crippen LogP contribution < -0.4 is 0 Å². The second-order valence-electron chi connectivity index (χ2n) is 5.36. The van der Waals surface area contributed by atoms with Crippen molar-refractivity contribution in [3.63, 3.8) is 0 Å². The molecule has 0 unspecified atom stereocenters. The maximum atomic E-state index is 12.5. The largest absolute Gasteiger partial charge is 0.354 e. The van der Waals surface area contributed by atoms with E-state index in [1.165, 1.54) is 6.08 Å². The average molecular weight is 276 g/mol. The number of carbonyl (C=O) groups excluding carboxylic acids is 2. The van der Waals surface area contributed by atoms with E-state index in [9.17, 15) is 9.59 Å².